The highest BCUT2D eigenvalue weighted by Crippen LogP contribution is 2.34. The Kier molecular flexibility index (Phi) is 2.86. The molecular formula is C17H19N5O2. The van der Waals surface area contributed by atoms with Gasteiger partial charge in [0.05, 0.1) is 23.3 Å². The molecule has 5 rings (SSSR count). The summed E-state index contributed by atoms with van der Waals surface area (Å²) in [5, 5.41) is 0.941. The number of carbonyl (C=O) groups is 1. The van der Waals surface area contributed by atoms with Crippen LogP contribution in [0.25, 0.3) is 22.1 Å². The Morgan fingerprint density at radius 3 is 3.00 bits per heavy atom. The molecule has 7 heteroatoms. The summed E-state index contributed by atoms with van der Waals surface area (Å²) in [6.45, 7) is 1.43. The topological polar surface area (TPSA) is 86.8 Å². The first kappa shape index (κ1) is 13.8. The van der Waals surface area contributed by atoms with E-state index >= 15 is 0 Å². The Labute approximate surface area is 137 Å². The van der Waals surface area contributed by atoms with E-state index in [0.717, 1.165) is 54.3 Å². The average molecular weight is 325 g/mol. The van der Waals surface area contributed by atoms with E-state index in [1.54, 1.807) is 6.20 Å². The van der Waals surface area contributed by atoms with Crippen LogP contribution in [0.1, 0.15) is 31.7 Å². The lowest BCUT2D eigenvalue weighted by Crippen LogP contribution is -2.43. The van der Waals surface area contributed by atoms with Gasteiger partial charge in [0.15, 0.2) is 0 Å². The number of amides is 1. The molecule has 0 bridgehead atoms. The Hall–Kier alpha value is -2.57. The van der Waals surface area contributed by atoms with E-state index in [9.17, 15) is 9.59 Å². The van der Waals surface area contributed by atoms with Crippen molar-refractivity contribution in [3.63, 3.8) is 0 Å². The quantitative estimate of drug-likeness (QED) is 0.753. The van der Waals surface area contributed by atoms with Gasteiger partial charge >= 0.3 is 5.69 Å². The highest BCUT2D eigenvalue weighted by molar-refractivity contribution is 6.00. The van der Waals surface area contributed by atoms with Crippen LogP contribution in [0.2, 0.25) is 0 Å². The van der Waals surface area contributed by atoms with Crippen molar-refractivity contribution in [1.82, 2.24) is 24.4 Å². The number of aromatic amines is 2. The smallest absolute Gasteiger partial charge is 0.326 e. The first-order valence-corrected chi connectivity index (χ1v) is 8.57. The van der Waals surface area contributed by atoms with E-state index in [-0.39, 0.29) is 23.6 Å². The molecule has 1 aliphatic carbocycles. The molecule has 2 fully saturated rings. The van der Waals surface area contributed by atoms with Gasteiger partial charge in [-0.3, -0.25) is 9.36 Å². The molecule has 1 atom stereocenters. The summed E-state index contributed by atoms with van der Waals surface area (Å²) in [6, 6.07) is 1.97. The predicted molar refractivity (Wildman–Crippen MR) is 89.8 cm³/mol. The van der Waals surface area contributed by atoms with Gasteiger partial charge in [-0.2, -0.15) is 0 Å². The van der Waals surface area contributed by atoms with Gasteiger partial charge in [0.1, 0.15) is 5.65 Å². The lowest BCUT2D eigenvalue weighted by atomic mass is 10.0. The first-order valence-electron chi connectivity index (χ1n) is 8.57. The molecule has 124 valence electrons. The summed E-state index contributed by atoms with van der Waals surface area (Å²) in [6.07, 6.45) is 7.41. The SMILES string of the molecule is O=C(C1CC1)N1CCC[C@@H](n2c(=O)[nH]c3cnc4[nH]ccc4c32)C1. The number of hydrogen-bond donors (Lipinski definition) is 2. The van der Waals surface area contributed by atoms with Crippen LogP contribution in [0.5, 0.6) is 0 Å². The van der Waals surface area contributed by atoms with Gasteiger partial charge in [-0.1, -0.05) is 0 Å². The van der Waals surface area contributed by atoms with Gasteiger partial charge in [0.2, 0.25) is 5.91 Å². The van der Waals surface area contributed by atoms with E-state index in [2.05, 4.69) is 15.0 Å². The monoisotopic (exact) mass is 325 g/mol. The van der Waals surface area contributed by atoms with E-state index in [4.69, 9.17) is 0 Å². The van der Waals surface area contributed by atoms with Crippen molar-refractivity contribution in [2.75, 3.05) is 13.1 Å². The molecule has 0 aromatic carbocycles. The fourth-order valence-electron chi connectivity index (χ4n) is 3.92. The Balaban J connectivity index is 1.60. The van der Waals surface area contributed by atoms with E-state index in [1.165, 1.54) is 0 Å². The van der Waals surface area contributed by atoms with Gasteiger partial charge in [-0.05, 0) is 31.7 Å². The molecule has 7 nitrogen and oxygen atoms in total. The number of likely N-dealkylation sites (tertiary alicyclic amines) is 1. The number of H-pyrrole nitrogens is 2. The molecule has 0 spiro atoms. The number of nitrogens with one attached hydrogen (secondary N) is 2. The van der Waals surface area contributed by atoms with E-state index < -0.39 is 0 Å². The number of rotatable bonds is 2. The zero-order chi connectivity index (χ0) is 16.3. The van der Waals surface area contributed by atoms with Crippen LogP contribution in [0, 0.1) is 5.92 Å². The van der Waals surface area contributed by atoms with Gasteiger partial charge in [-0.15, -0.1) is 0 Å². The van der Waals surface area contributed by atoms with Gasteiger partial charge in [0, 0.05) is 30.6 Å². The second-order valence-corrected chi connectivity index (χ2v) is 6.92. The molecule has 1 amide bonds. The van der Waals surface area contributed by atoms with Gasteiger partial charge < -0.3 is 14.9 Å². The van der Waals surface area contributed by atoms with E-state index in [1.807, 2.05) is 21.7 Å². The summed E-state index contributed by atoms with van der Waals surface area (Å²) in [7, 11) is 0. The molecule has 1 aliphatic heterocycles. The standard InChI is InChI=1S/C17H19N5O2/c23-16(10-3-4-10)21-7-1-2-11(9-21)22-14-12-5-6-18-15(12)19-8-13(14)20-17(22)24/h5-6,8,10-11H,1-4,7,9H2,(H,18,19)(H,20,24)/t11-/m1/s1. The fraction of sp³-hybridized carbons (Fsp3) is 0.471. The number of aromatic nitrogens is 4. The maximum absolute atomic E-state index is 12.6. The average Bonchev–Trinajstić information content (AvgIpc) is 3.23. The van der Waals surface area contributed by atoms with Crippen LogP contribution in [-0.2, 0) is 4.79 Å². The van der Waals surface area contributed by atoms with Crippen molar-refractivity contribution in [3.05, 3.63) is 28.9 Å². The Morgan fingerprint density at radius 2 is 2.17 bits per heavy atom. The number of imidazole rings is 1. The largest absolute Gasteiger partial charge is 0.346 e. The fourth-order valence-corrected chi connectivity index (χ4v) is 3.92. The van der Waals surface area contributed by atoms with Crippen molar-refractivity contribution in [2.24, 2.45) is 5.92 Å². The van der Waals surface area contributed by atoms with Crippen molar-refractivity contribution in [2.45, 2.75) is 31.7 Å². The highest BCUT2D eigenvalue weighted by Gasteiger charge is 2.36. The lowest BCUT2D eigenvalue weighted by Gasteiger charge is -2.33. The summed E-state index contributed by atoms with van der Waals surface area (Å²) >= 11 is 0. The molecule has 4 heterocycles. The molecule has 24 heavy (non-hydrogen) atoms. The highest BCUT2D eigenvalue weighted by atomic mass is 16.2. The van der Waals surface area contributed by atoms with Crippen LogP contribution in [0.4, 0.5) is 0 Å². The van der Waals surface area contributed by atoms with Crippen LogP contribution >= 0.6 is 0 Å². The van der Waals surface area contributed by atoms with E-state index in [0.29, 0.717) is 6.54 Å². The summed E-state index contributed by atoms with van der Waals surface area (Å²) in [5.41, 5.74) is 2.29. The molecule has 2 N–H and O–H groups in total. The minimum absolute atomic E-state index is 0.0169. The number of fused-ring (bicyclic) bond motifs is 3. The minimum atomic E-state index is -0.119. The molecule has 1 saturated heterocycles. The summed E-state index contributed by atoms with van der Waals surface area (Å²) in [5.74, 6) is 0.491. The predicted octanol–water partition coefficient (Wildman–Crippen LogP) is 1.78. The maximum atomic E-state index is 12.6. The zero-order valence-corrected chi connectivity index (χ0v) is 13.3. The number of piperidine rings is 1. The lowest BCUT2D eigenvalue weighted by molar-refractivity contribution is -0.134. The van der Waals surface area contributed by atoms with Crippen molar-refractivity contribution in [1.29, 1.82) is 0 Å². The molecule has 1 saturated carbocycles. The third-order valence-corrected chi connectivity index (χ3v) is 5.26. The van der Waals surface area contributed by atoms with Crippen molar-refractivity contribution >= 4 is 28.0 Å². The number of pyridine rings is 1. The Morgan fingerprint density at radius 1 is 1.29 bits per heavy atom. The maximum Gasteiger partial charge on any atom is 0.326 e. The summed E-state index contributed by atoms with van der Waals surface area (Å²) < 4.78 is 1.83. The van der Waals surface area contributed by atoms with Crippen LogP contribution in [0.3, 0.4) is 0 Å². The molecular weight excluding hydrogens is 306 g/mol. The Bertz CT molecular complexity index is 993. The van der Waals surface area contributed by atoms with Crippen molar-refractivity contribution < 1.29 is 4.79 Å². The minimum Gasteiger partial charge on any atom is -0.346 e. The normalized spacial score (nSPS) is 21.7. The van der Waals surface area contributed by atoms with Gasteiger partial charge in [0.25, 0.3) is 0 Å². The number of nitrogens with zero attached hydrogens (tertiary/aromatic N) is 3. The van der Waals surface area contributed by atoms with Gasteiger partial charge in [-0.25, -0.2) is 9.78 Å². The number of carbonyl (C=O) groups excluding carboxylic acids is 1. The third-order valence-electron chi connectivity index (χ3n) is 5.26. The number of hydrogen-bond acceptors (Lipinski definition) is 3. The second kappa shape index (κ2) is 4.96. The van der Waals surface area contributed by atoms with Crippen LogP contribution in [-0.4, -0.2) is 43.4 Å². The van der Waals surface area contributed by atoms with Crippen LogP contribution < -0.4 is 5.69 Å². The van der Waals surface area contributed by atoms with Crippen molar-refractivity contribution in [3.8, 4) is 0 Å². The summed E-state index contributed by atoms with van der Waals surface area (Å²) in [4.78, 5) is 37.3. The third kappa shape index (κ3) is 2.00. The zero-order valence-electron chi connectivity index (χ0n) is 13.3. The molecule has 0 unspecified atom stereocenters. The molecule has 3 aromatic heterocycles. The molecule has 0 radical (unpaired) electrons. The first-order chi connectivity index (χ1) is 11.7. The molecule has 2 aliphatic rings. The second-order valence-electron chi connectivity index (χ2n) is 6.92. The molecule has 3 aromatic rings. The van der Waals surface area contributed by atoms with Crippen LogP contribution in [0.15, 0.2) is 23.3 Å².